The Morgan fingerprint density at radius 3 is 2.37 bits per heavy atom. The number of carbonyl (C=O) groups is 1. The van der Waals surface area contributed by atoms with E-state index < -0.39 is 4.92 Å². The highest BCUT2D eigenvalue weighted by molar-refractivity contribution is 9.10. The number of anilines is 1. The van der Waals surface area contributed by atoms with Crippen LogP contribution in [0, 0.1) is 21.3 Å². The van der Waals surface area contributed by atoms with E-state index in [0.717, 1.165) is 5.56 Å². The first kappa shape index (κ1) is 21.0. The number of rotatable bonds is 6. The van der Waals surface area contributed by atoms with Crippen molar-refractivity contribution in [3.05, 3.63) is 68.4 Å². The molecule has 0 aliphatic carbocycles. The first-order chi connectivity index (χ1) is 12.6. The van der Waals surface area contributed by atoms with Crippen molar-refractivity contribution in [1.29, 1.82) is 0 Å². The SMILES string of the molecule is CC(C)(C)C(NCC(=O)Nc1ccc([N+](=O)[O-])cc1Br)c1ccc(F)cc1. The van der Waals surface area contributed by atoms with Gasteiger partial charge in [0.05, 0.1) is 17.2 Å². The summed E-state index contributed by atoms with van der Waals surface area (Å²) >= 11 is 3.22. The fourth-order valence-electron chi connectivity index (χ4n) is 2.69. The summed E-state index contributed by atoms with van der Waals surface area (Å²) in [6.07, 6.45) is 0. The Bertz CT molecular complexity index is 835. The molecule has 0 fully saturated rings. The van der Waals surface area contributed by atoms with Gasteiger partial charge < -0.3 is 10.6 Å². The Hall–Kier alpha value is -2.32. The molecular weight excluding hydrogens is 417 g/mol. The molecule has 27 heavy (non-hydrogen) atoms. The molecule has 0 heterocycles. The van der Waals surface area contributed by atoms with Crippen LogP contribution in [0.25, 0.3) is 0 Å². The Balaban J connectivity index is 2.06. The molecular formula is C19H21BrFN3O3. The second-order valence-corrected chi connectivity index (χ2v) is 8.06. The van der Waals surface area contributed by atoms with Gasteiger partial charge in [-0.3, -0.25) is 14.9 Å². The molecule has 2 aromatic carbocycles. The van der Waals surface area contributed by atoms with E-state index in [2.05, 4.69) is 26.6 Å². The molecule has 2 N–H and O–H groups in total. The van der Waals surface area contributed by atoms with Crippen LogP contribution in [-0.4, -0.2) is 17.4 Å². The standard InChI is InChI=1S/C19H21BrFN3O3/c1-19(2,3)18(12-4-6-13(21)7-5-12)22-11-17(25)23-16-9-8-14(24(26)27)10-15(16)20/h4-10,18,22H,11H2,1-3H3,(H,23,25). The van der Waals surface area contributed by atoms with E-state index in [4.69, 9.17) is 0 Å². The lowest BCUT2D eigenvalue weighted by Gasteiger charge is -2.32. The lowest BCUT2D eigenvalue weighted by molar-refractivity contribution is -0.384. The van der Waals surface area contributed by atoms with Crippen molar-refractivity contribution in [3.63, 3.8) is 0 Å². The number of nitrogens with one attached hydrogen (secondary N) is 2. The third-order valence-corrected chi connectivity index (χ3v) is 4.63. The Morgan fingerprint density at radius 1 is 1.22 bits per heavy atom. The quantitative estimate of drug-likeness (QED) is 0.501. The van der Waals surface area contributed by atoms with Crippen molar-refractivity contribution in [2.24, 2.45) is 5.41 Å². The van der Waals surface area contributed by atoms with Crippen LogP contribution in [0.2, 0.25) is 0 Å². The number of nitro benzene ring substituents is 1. The molecule has 0 aromatic heterocycles. The predicted octanol–water partition coefficient (Wildman–Crippen LogP) is 4.81. The van der Waals surface area contributed by atoms with E-state index in [0.29, 0.717) is 10.2 Å². The van der Waals surface area contributed by atoms with Gasteiger partial charge in [0, 0.05) is 22.6 Å². The van der Waals surface area contributed by atoms with E-state index in [1.807, 2.05) is 20.8 Å². The molecule has 0 saturated carbocycles. The van der Waals surface area contributed by atoms with Crippen molar-refractivity contribution < 1.29 is 14.1 Å². The largest absolute Gasteiger partial charge is 0.324 e. The first-order valence-electron chi connectivity index (χ1n) is 8.30. The minimum Gasteiger partial charge on any atom is -0.324 e. The molecule has 8 heteroatoms. The zero-order chi connectivity index (χ0) is 20.2. The molecule has 1 atom stereocenters. The molecule has 0 aliphatic rings. The van der Waals surface area contributed by atoms with Crippen LogP contribution in [0.5, 0.6) is 0 Å². The number of nitro groups is 1. The summed E-state index contributed by atoms with van der Waals surface area (Å²) < 4.78 is 13.6. The van der Waals surface area contributed by atoms with E-state index in [9.17, 15) is 19.3 Å². The lowest BCUT2D eigenvalue weighted by Crippen LogP contribution is -2.37. The van der Waals surface area contributed by atoms with Gasteiger partial charge in [-0.05, 0) is 45.1 Å². The summed E-state index contributed by atoms with van der Waals surface area (Å²) in [7, 11) is 0. The molecule has 144 valence electrons. The van der Waals surface area contributed by atoms with Crippen molar-refractivity contribution in [2.75, 3.05) is 11.9 Å². The van der Waals surface area contributed by atoms with E-state index in [-0.39, 0.29) is 35.4 Å². The molecule has 2 rings (SSSR count). The van der Waals surface area contributed by atoms with E-state index in [1.165, 1.54) is 30.3 Å². The van der Waals surface area contributed by atoms with Crippen LogP contribution in [0.15, 0.2) is 46.9 Å². The third-order valence-electron chi connectivity index (χ3n) is 3.97. The molecule has 0 radical (unpaired) electrons. The van der Waals surface area contributed by atoms with Gasteiger partial charge in [0.2, 0.25) is 5.91 Å². The highest BCUT2D eigenvalue weighted by atomic mass is 79.9. The molecule has 0 spiro atoms. The fraction of sp³-hybridized carbons (Fsp3) is 0.316. The molecule has 0 bridgehead atoms. The smallest absolute Gasteiger partial charge is 0.270 e. The fourth-order valence-corrected chi connectivity index (χ4v) is 3.15. The molecule has 1 amide bonds. The Kier molecular flexibility index (Phi) is 6.67. The summed E-state index contributed by atoms with van der Waals surface area (Å²) in [4.78, 5) is 22.6. The summed E-state index contributed by atoms with van der Waals surface area (Å²) in [5.74, 6) is -0.604. The van der Waals surface area contributed by atoms with Gasteiger partial charge in [-0.25, -0.2) is 4.39 Å². The van der Waals surface area contributed by atoms with Gasteiger partial charge in [0.15, 0.2) is 0 Å². The molecule has 0 saturated heterocycles. The van der Waals surface area contributed by atoms with Gasteiger partial charge in [-0.1, -0.05) is 32.9 Å². The maximum atomic E-state index is 13.2. The summed E-state index contributed by atoms with van der Waals surface area (Å²) in [5, 5.41) is 16.7. The second kappa shape index (κ2) is 8.58. The predicted molar refractivity (Wildman–Crippen MR) is 106 cm³/mol. The van der Waals surface area contributed by atoms with Crippen LogP contribution < -0.4 is 10.6 Å². The minimum absolute atomic E-state index is 0.0305. The van der Waals surface area contributed by atoms with Crippen LogP contribution in [-0.2, 0) is 4.79 Å². The normalized spacial score (nSPS) is 12.5. The van der Waals surface area contributed by atoms with Crippen molar-refractivity contribution in [2.45, 2.75) is 26.8 Å². The van der Waals surface area contributed by atoms with Gasteiger partial charge in [-0.2, -0.15) is 0 Å². The number of amides is 1. The van der Waals surface area contributed by atoms with Gasteiger partial charge in [0.25, 0.3) is 5.69 Å². The average Bonchev–Trinajstić information content (AvgIpc) is 2.57. The molecule has 6 nitrogen and oxygen atoms in total. The lowest BCUT2D eigenvalue weighted by atomic mass is 9.82. The topological polar surface area (TPSA) is 84.3 Å². The summed E-state index contributed by atoms with van der Waals surface area (Å²) in [6.45, 7) is 6.11. The van der Waals surface area contributed by atoms with Crippen molar-refractivity contribution >= 4 is 33.2 Å². The second-order valence-electron chi connectivity index (χ2n) is 7.20. The van der Waals surface area contributed by atoms with Gasteiger partial charge in [-0.15, -0.1) is 0 Å². The van der Waals surface area contributed by atoms with E-state index >= 15 is 0 Å². The highest BCUT2D eigenvalue weighted by Crippen LogP contribution is 2.33. The molecule has 1 unspecified atom stereocenters. The van der Waals surface area contributed by atoms with Crippen LogP contribution in [0.4, 0.5) is 15.8 Å². The zero-order valence-corrected chi connectivity index (χ0v) is 16.8. The Labute approximate surface area is 165 Å². The minimum atomic E-state index is -0.505. The van der Waals surface area contributed by atoms with Crippen LogP contribution in [0.3, 0.4) is 0 Å². The zero-order valence-electron chi connectivity index (χ0n) is 15.3. The summed E-state index contributed by atoms with van der Waals surface area (Å²) in [5.41, 5.74) is 1.06. The number of hydrogen-bond donors (Lipinski definition) is 2. The number of halogens is 2. The van der Waals surface area contributed by atoms with Crippen LogP contribution in [0.1, 0.15) is 32.4 Å². The van der Waals surface area contributed by atoms with E-state index in [1.54, 1.807) is 12.1 Å². The molecule has 0 aliphatic heterocycles. The Morgan fingerprint density at radius 2 is 1.85 bits per heavy atom. The third kappa shape index (κ3) is 5.83. The van der Waals surface area contributed by atoms with Gasteiger partial charge >= 0.3 is 0 Å². The summed E-state index contributed by atoms with van der Waals surface area (Å²) in [6, 6.07) is 10.1. The maximum absolute atomic E-state index is 13.2. The van der Waals surface area contributed by atoms with Crippen molar-refractivity contribution in [3.8, 4) is 0 Å². The van der Waals surface area contributed by atoms with Crippen LogP contribution >= 0.6 is 15.9 Å². The van der Waals surface area contributed by atoms with Gasteiger partial charge in [0.1, 0.15) is 5.82 Å². The first-order valence-corrected chi connectivity index (χ1v) is 9.10. The molecule has 2 aromatic rings. The monoisotopic (exact) mass is 437 g/mol. The number of benzene rings is 2. The maximum Gasteiger partial charge on any atom is 0.270 e. The number of carbonyl (C=O) groups excluding carboxylic acids is 1. The number of nitrogens with zero attached hydrogens (tertiary/aromatic N) is 1. The number of non-ortho nitro benzene ring substituents is 1. The van der Waals surface area contributed by atoms with Crippen molar-refractivity contribution in [1.82, 2.24) is 5.32 Å². The highest BCUT2D eigenvalue weighted by Gasteiger charge is 2.26. The number of hydrogen-bond acceptors (Lipinski definition) is 4. The average molecular weight is 438 g/mol.